The molecule has 0 bridgehead atoms. The Morgan fingerprint density at radius 1 is 1.53 bits per heavy atom. The van der Waals surface area contributed by atoms with E-state index in [1.165, 1.54) is 12.1 Å². The predicted octanol–water partition coefficient (Wildman–Crippen LogP) is 2.99. The highest BCUT2D eigenvalue weighted by molar-refractivity contribution is 5.78. The summed E-state index contributed by atoms with van der Waals surface area (Å²) in [6.45, 7) is 5.57. The third kappa shape index (κ3) is 4.63. The third-order valence-electron chi connectivity index (χ3n) is 3.22. The van der Waals surface area contributed by atoms with Crippen LogP contribution in [0.1, 0.15) is 39.2 Å². The van der Waals surface area contributed by atoms with Gasteiger partial charge in [0.15, 0.2) is 0 Å². The van der Waals surface area contributed by atoms with E-state index in [2.05, 4.69) is 5.32 Å². The van der Waals surface area contributed by atoms with Crippen molar-refractivity contribution in [1.82, 2.24) is 5.32 Å². The van der Waals surface area contributed by atoms with Crippen LogP contribution in [0.25, 0.3) is 0 Å². The van der Waals surface area contributed by atoms with Gasteiger partial charge in [-0.3, -0.25) is 10.1 Å². The molecule has 0 aliphatic heterocycles. The summed E-state index contributed by atoms with van der Waals surface area (Å²) in [5.41, 5.74) is -0.0640. The van der Waals surface area contributed by atoms with Crippen molar-refractivity contribution in [1.29, 1.82) is 0 Å². The van der Waals surface area contributed by atoms with E-state index in [4.69, 9.17) is 0 Å². The zero-order chi connectivity index (χ0) is 14.5. The Hall–Kier alpha value is -1.42. The molecule has 0 saturated heterocycles. The van der Waals surface area contributed by atoms with Gasteiger partial charge in [-0.15, -0.1) is 0 Å². The molecule has 2 unspecified atom stereocenters. The maximum Gasteiger partial charge on any atom is 0.323 e. The second-order valence-corrected chi connectivity index (χ2v) is 5.27. The molecule has 2 N–H and O–H groups in total. The molecule has 19 heavy (non-hydrogen) atoms. The van der Waals surface area contributed by atoms with E-state index in [-0.39, 0.29) is 11.9 Å². The summed E-state index contributed by atoms with van der Waals surface area (Å²) in [7, 11) is 0. The Morgan fingerprint density at radius 3 is 2.74 bits per heavy atom. The molecule has 2 atom stereocenters. The first-order valence-electron chi connectivity index (χ1n) is 6.63. The first kappa shape index (κ1) is 15.6. The molecule has 0 fully saturated rings. The van der Waals surface area contributed by atoms with Crippen LogP contribution >= 0.6 is 0 Å². The number of rotatable bonds is 7. The molecule has 0 heterocycles. The molecular formula is C15H22FNO2. The van der Waals surface area contributed by atoms with Crippen LogP contribution in [0.5, 0.6) is 0 Å². The van der Waals surface area contributed by atoms with Crippen LogP contribution in [-0.4, -0.2) is 22.7 Å². The Balaban J connectivity index is 2.68. The predicted molar refractivity (Wildman–Crippen MR) is 73.7 cm³/mol. The van der Waals surface area contributed by atoms with E-state index < -0.39 is 11.5 Å². The summed E-state index contributed by atoms with van der Waals surface area (Å²) in [6.07, 6.45) is 1.96. The van der Waals surface area contributed by atoms with Gasteiger partial charge in [0, 0.05) is 6.04 Å². The largest absolute Gasteiger partial charge is 0.480 e. The van der Waals surface area contributed by atoms with Gasteiger partial charge in [0.05, 0.1) is 0 Å². The summed E-state index contributed by atoms with van der Waals surface area (Å²) in [6, 6.07) is 6.37. The minimum atomic E-state index is -0.929. The maximum absolute atomic E-state index is 13.1. The number of hydrogen-bond donors (Lipinski definition) is 2. The van der Waals surface area contributed by atoms with Gasteiger partial charge in [0.25, 0.3) is 0 Å². The van der Waals surface area contributed by atoms with Crippen molar-refractivity contribution in [3.8, 4) is 0 Å². The van der Waals surface area contributed by atoms with E-state index in [9.17, 15) is 14.3 Å². The normalized spacial score (nSPS) is 15.8. The van der Waals surface area contributed by atoms with Crippen LogP contribution < -0.4 is 5.32 Å². The number of carbonyl (C=O) groups is 1. The van der Waals surface area contributed by atoms with Gasteiger partial charge < -0.3 is 5.11 Å². The van der Waals surface area contributed by atoms with Gasteiger partial charge in [0.1, 0.15) is 11.4 Å². The summed E-state index contributed by atoms with van der Waals surface area (Å²) in [5.74, 6) is -1.11. The lowest BCUT2D eigenvalue weighted by molar-refractivity contribution is -0.144. The highest BCUT2D eigenvalue weighted by Gasteiger charge is 2.32. The Morgan fingerprint density at radius 2 is 2.21 bits per heavy atom. The molecule has 1 rings (SSSR count). The van der Waals surface area contributed by atoms with E-state index in [0.29, 0.717) is 12.8 Å². The van der Waals surface area contributed by atoms with Crippen molar-refractivity contribution in [3.05, 3.63) is 35.6 Å². The SMILES string of the molecule is CCCC(C)(NC(C)Cc1cccc(F)c1)C(=O)O. The molecule has 4 heteroatoms. The summed E-state index contributed by atoms with van der Waals surface area (Å²) in [5, 5.41) is 12.4. The molecule has 3 nitrogen and oxygen atoms in total. The minimum Gasteiger partial charge on any atom is -0.480 e. The van der Waals surface area contributed by atoms with Crippen LogP contribution in [0, 0.1) is 5.82 Å². The molecule has 0 radical (unpaired) electrons. The molecule has 0 saturated carbocycles. The smallest absolute Gasteiger partial charge is 0.323 e. The minimum absolute atomic E-state index is 0.0329. The number of halogens is 1. The first-order chi connectivity index (χ1) is 8.87. The number of benzene rings is 1. The lowest BCUT2D eigenvalue weighted by atomic mass is 9.94. The average Bonchev–Trinajstić information content (AvgIpc) is 2.28. The van der Waals surface area contributed by atoms with Crippen molar-refractivity contribution in [2.75, 3.05) is 0 Å². The van der Waals surface area contributed by atoms with Crippen LogP contribution in [0.4, 0.5) is 4.39 Å². The average molecular weight is 267 g/mol. The van der Waals surface area contributed by atoms with Gasteiger partial charge in [-0.25, -0.2) is 4.39 Å². The molecule has 1 aromatic carbocycles. The number of carboxylic acid groups (broad SMARTS) is 1. The maximum atomic E-state index is 13.1. The van der Waals surface area contributed by atoms with Crippen molar-refractivity contribution in [2.45, 2.75) is 51.6 Å². The van der Waals surface area contributed by atoms with Gasteiger partial charge in [-0.05, 0) is 44.4 Å². The molecule has 0 aliphatic rings. The molecule has 0 spiro atoms. The Kier molecular flexibility index (Phi) is 5.48. The highest BCUT2D eigenvalue weighted by atomic mass is 19.1. The number of carboxylic acids is 1. The number of nitrogens with one attached hydrogen (secondary N) is 1. The van der Waals surface area contributed by atoms with E-state index in [1.807, 2.05) is 19.9 Å². The Labute approximate surface area is 113 Å². The third-order valence-corrected chi connectivity index (χ3v) is 3.22. The number of hydrogen-bond acceptors (Lipinski definition) is 2. The zero-order valence-electron chi connectivity index (χ0n) is 11.7. The second kappa shape index (κ2) is 6.66. The van der Waals surface area contributed by atoms with Crippen LogP contribution in [0.15, 0.2) is 24.3 Å². The second-order valence-electron chi connectivity index (χ2n) is 5.27. The van der Waals surface area contributed by atoms with Crippen molar-refractivity contribution >= 4 is 5.97 Å². The molecule has 0 aromatic heterocycles. The summed E-state index contributed by atoms with van der Waals surface area (Å²) in [4.78, 5) is 11.3. The topological polar surface area (TPSA) is 49.3 Å². The fraction of sp³-hybridized carbons (Fsp3) is 0.533. The molecule has 0 amide bonds. The quantitative estimate of drug-likeness (QED) is 0.798. The van der Waals surface area contributed by atoms with Crippen molar-refractivity contribution in [3.63, 3.8) is 0 Å². The number of aliphatic carboxylic acids is 1. The highest BCUT2D eigenvalue weighted by Crippen LogP contribution is 2.15. The molecular weight excluding hydrogens is 245 g/mol. The molecule has 0 aliphatic carbocycles. The summed E-state index contributed by atoms with van der Waals surface area (Å²) >= 11 is 0. The fourth-order valence-electron chi connectivity index (χ4n) is 2.35. The monoisotopic (exact) mass is 267 g/mol. The first-order valence-corrected chi connectivity index (χ1v) is 6.63. The van der Waals surface area contributed by atoms with Crippen LogP contribution in [-0.2, 0) is 11.2 Å². The lowest BCUT2D eigenvalue weighted by Crippen LogP contribution is -2.53. The standard InChI is InChI=1S/C15H22FNO2/c1-4-8-15(3,14(18)19)17-11(2)9-12-6-5-7-13(16)10-12/h5-7,10-11,17H,4,8-9H2,1-3H3,(H,18,19). The lowest BCUT2D eigenvalue weighted by Gasteiger charge is -2.30. The van der Waals surface area contributed by atoms with Crippen molar-refractivity contribution in [2.24, 2.45) is 0 Å². The van der Waals surface area contributed by atoms with Gasteiger partial charge in [0.2, 0.25) is 0 Å². The van der Waals surface area contributed by atoms with E-state index in [0.717, 1.165) is 12.0 Å². The fourth-order valence-corrected chi connectivity index (χ4v) is 2.35. The molecule has 106 valence electrons. The summed E-state index contributed by atoms with van der Waals surface area (Å²) < 4.78 is 13.1. The zero-order valence-corrected chi connectivity index (χ0v) is 11.7. The van der Waals surface area contributed by atoms with E-state index in [1.54, 1.807) is 13.0 Å². The van der Waals surface area contributed by atoms with Gasteiger partial charge >= 0.3 is 5.97 Å². The van der Waals surface area contributed by atoms with E-state index >= 15 is 0 Å². The van der Waals surface area contributed by atoms with Gasteiger partial charge in [-0.2, -0.15) is 0 Å². The van der Waals surface area contributed by atoms with Crippen molar-refractivity contribution < 1.29 is 14.3 Å². The Bertz CT molecular complexity index is 436. The van der Waals surface area contributed by atoms with Gasteiger partial charge in [-0.1, -0.05) is 25.5 Å². The van der Waals surface area contributed by atoms with Crippen LogP contribution in [0.2, 0.25) is 0 Å². The molecule has 1 aromatic rings. The van der Waals surface area contributed by atoms with Crippen LogP contribution in [0.3, 0.4) is 0 Å².